The Kier molecular flexibility index (Phi) is 5.96. The van der Waals surface area contributed by atoms with Crippen molar-refractivity contribution < 1.29 is 9.90 Å². The quantitative estimate of drug-likeness (QED) is 0.702. The Morgan fingerprint density at radius 3 is 2.59 bits per heavy atom. The minimum atomic E-state index is -0.124. The van der Waals surface area contributed by atoms with E-state index in [1.54, 1.807) is 0 Å². The van der Waals surface area contributed by atoms with Crippen molar-refractivity contribution >= 4 is 5.91 Å². The topological polar surface area (TPSA) is 49.3 Å². The maximum atomic E-state index is 12.1. The number of carbonyl (C=O) groups excluding carboxylic acids is 1. The van der Waals surface area contributed by atoms with Crippen LogP contribution in [-0.2, 0) is 4.79 Å². The molecule has 1 fully saturated rings. The van der Waals surface area contributed by atoms with Crippen LogP contribution in [0.15, 0.2) is 0 Å². The summed E-state index contributed by atoms with van der Waals surface area (Å²) < 4.78 is 0. The molecule has 100 valence electrons. The number of aliphatic hydroxyl groups excluding tert-OH is 1. The summed E-state index contributed by atoms with van der Waals surface area (Å²) in [5.41, 5.74) is -0.124. The Hall–Kier alpha value is -0.570. The Balaban J connectivity index is 2.20. The summed E-state index contributed by atoms with van der Waals surface area (Å²) in [6.07, 6.45) is 7.66. The first-order chi connectivity index (χ1) is 8.08. The van der Waals surface area contributed by atoms with E-state index in [9.17, 15) is 4.79 Å². The van der Waals surface area contributed by atoms with Gasteiger partial charge in [0.05, 0.1) is 0 Å². The number of hydrogen-bond acceptors (Lipinski definition) is 2. The Labute approximate surface area is 105 Å². The van der Waals surface area contributed by atoms with E-state index >= 15 is 0 Å². The van der Waals surface area contributed by atoms with Crippen LogP contribution in [0.4, 0.5) is 0 Å². The fraction of sp³-hybridized carbons (Fsp3) is 0.929. The zero-order chi connectivity index (χ0) is 12.7. The molecule has 0 heterocycles. The van der Waals surface area contributed by atoms with E-state index < -0.39 is 0 Å². The van der Waals surface area contributed by atoms with Gasteiger partial charge in [0.1, 0.15) is 0 Å². The molecule has 1 unspecified atom stereocenters. The fourth-order valence-corrected chi connectivity index (χ4v) is 2.52. The highest BCUT2D eigenvalue weighted by atomic mass is 16.3. The van der Waals surface area contributed by atoms with Crippen molar-refractivity contribution in [2.24, 2.45) is 11.3 Å². The molecule has 0 aliphatic heterocycles. The third-order valence-electron chi connectivity index (χ3n) is 3.98. The molecule has 1 aliphatic rings. The van der Waals surface area contributed by atoms with E-state index in [0.29, 0.717) is 5.92 Å². The smallest absolute Gasteiger partial charge is 0.225 e. The van der Waals surface area contributed by atoms with Crippen molar-refractivity contribution in [1.29, 1.82) is 0 Å². The summed E-state index contributed by atoms with van der Waals surface area (Å²) in [7, 11) is 0. The first-order valence-corrected chi connectivity index (χ1v) is 6.97. The standard InChI is InChI=1S/C14H27NO2/c1-12(11-16)7-6-10-15-13(17)14(2)8-4-3-5-9-14/h12,16H,3-11H2,1-2H3,(H,15,17). The molecule has 1 atom stereocenters. The molecule has 0 bridgehead atoms. The van der Waals surface area contributed by atoms with Crippen LogP contribution in [0.25, 0.3) is 0 Å². The Bertz CT molecular complexity index is 234. The van der Waals surface area contributed by atoms with Crippen LogP contribution in [0.5, 0.6) is 0 Å². The van der Waals surface area contributed by atoms with Gasteiger partial charge in [-0.2, -0.15) is 0 Å². The van der Waals surface area contributed by atoms with Crippen LogP contribution in [0.3, 0.4) is 0 Å². The highest BCUT2D eigenvalue weighted by molar-refractivity contribution is 5.82. The summed E-state index contributed by atoms with van der Waals surface area (Å²) in [4.78, 5) is 12.1. The molecule has 2 N–H and O–H groups in total. The summed E-state index contributed by atoms with van der Waals surface area (Å²) in [5.74, 6) is 0.575. The number of carbonyl (C=O) groups is 1. The van der Waals surface area contributed by atoms with Crippen molar-refractivity contribution in [3.05, 3.63) is 0 Å². The van der Waals surface area contributed by atoms with Gasteiger partial charge in [-0.25, -0.2) is 0 Å². The molecule has 1 rings (SSSR count). The van der Waals surface area contributed by atoms with E-state index in [-0.39, 0.29) is 17.9 Å². The fourth-order valence-electron chi connectivity index (χ4n) is 2.52. The lowest BCUT2D eigenvalue weighted by Gasteiger charge is -2.32. The van der Waals surface area contributed by atoms with E-state index in [1.165, 1.54) is 19.3 Å². The molecule has 0 radical (unpaired) electrons. The third-order valence-corrected chi connectivity index (χ3v) is 3.98. The van der Waals surface area contributed by atoms with Crippen LogP contribution in [0, 0.1) is 11.3 Å². The van der Waals surface area contributed by atoms with Gasteiger partial charge in [-0.05, 0) is 31.6 Å². The molecule has 1 amide bonds. The molecule has 3 heteroatoms. The van der Waals surface area contributed by atoms with E-state index in [2.05, 4.69) is 12.2 Å². The monoisotopic (exact) mass is 241 g/mol. The predicted octanol–water partition coefficient (Wildman–Crippen LogP) is 2.48. The minimum Gasteiger partial charge on any atom is -0.396 e. The molecule has 17 heavy (non-hydrogen) atoms. The molecule has 0 aromatic heterocycles. The predicted molar refractivity (Wildman–Crippen MR) is 69.7 cm³/mol. The minimum absolute atomic E-state index is 0.124. The molecule has 1 saturated carbocycles. The maximum absolute atomic E-state index is 12.1. The zero-order valence-corrected chi connectivity index (χ0v) is 11.3. The summed E-state index contributed by atoms with van der Waals surface area (Å²) >= 11 is 0. The first kappa shape index (κ1) is 14.5. The van der Waals surface area contributed by atoms with E-state index in [1.807, 2.05) is 6.92 Å². The molecule has 0 spiro atoms. The van der Waals surface area contributed by atoms with Crippen LogP contribution in [0.2, 0.25) is 0 Å². The third kappa shape index (κ3) is 4.66. The number of aliphatic hydroxyl groups is 1. The lowest BCUT2D eigenvalue weighted by atomic mass is 9.75. The lowest BCUT2D eigenvalue weighted by Crippen LogP contribution is -2.40. The van der Waals surface area contributed by atoms with Crippen molar-refractivity contribution in [1.82, 2.24) is 5.32 Å². The number of rotatable bonds is 6. The summed E-state index contributed by atoms with van der Waals surface area (Å²) in [6, 6.07) is 0. The molecule has 1 aliphatic carbocycles. The van der Waals surface area contributed by atoms with Crippen LogP contribution in [0.1, 0.15) is 58.8 Å². The average molecular weight is 241 g/mol. The van der Waals surface area contributed by atoms with Gasteiger partial charge < -0.3 is 10.4 Å². The Morgan fingerprint density at radius 2 is 2.00 bits per heavy atom. The van der Waals surface area contributed by atoms with Crippen LogP contribution in [-0.4, -0.2) is 24.2 Å². The maximum Gasteiger partial charge on any atom is 0.225 e. The molecular weight excluding hydrogens is 214 g/mol. The summed E-state index contributed by atoms with van der Waals surface area (Å²) in [5, 5.41) is 12.0. The Morgan fingerprint density at radius 1 is 1.35 bits per heavy atom. The highest BCUT2D eigenvalue weighted by Crippen LogP contribution is 2.35. The lowest BCUT2D eigenvalue weighted by molar-refractivity contribution is -0.131. The second-order valence-electron chi connectivity index (χ2n) is 5.81. The zero-order valence-electron chi connectivity index (χ0n) is 11.3. The van der Waals surface area contributed by atoms with Gasteiger partial charge >= 0.3 is 0 Å². The number of amides is 1. The van der Waals surface area contributed by atoms with Crippen molar-refractivity contribution in [2.75, 3.05) is 13.2 Å². The van der Waals surface area contributed by atoms with Crippen LogP contribution >= 0.6 is 0 Å². The van der Waals surface area contributed by atoms with Crippen molar-refractivity contribution in [3.63, 3.8) is 0 Å². The highest BCUT2D eigenvalue weighted by Gasteiger charge is 2.33. The van der Waals surface area contributed by atoms with Gasteiger partial charge in [0.2, 0.25) is 5.91 Å². The van der Waals surface area contributed by atoms with Gasteiger partial charge in [-0.3, -0.25) is 4.79 Å². The molecule has 0 saturated heterocycles. The van der Waals surface area contributed by atoms with Gasteiger partial charge in [-0.1, -0.05) is 33.1 Å². The molecular formula is C14H27NO2. The van der Waals surface area contributed by atoms with Crippen LogP contribution < -0.4 is 5.32 Å². The van der Waals surface area contributed by atoms with E-state index in [4.69, 9.17) is 5.11 Å². The largest absolute Gasteiger partial charge is 0.396 e. The van der Waals surface area contributed by atoms with Gasteiger partial charge in [0, 0.05) is 18.6 Å². The van der Waals surface area contributed by atoms with Gasteiger partial charge in [-0.15, -0.1) is 0 Å². The second kappa shape index (κ2) is 7.00. The molecule has 0 aromatic rings. The normalized spacial score (nSPS) is 20.9. The average Bonchev–Trinajstić information content (AvgIpc) is 2.34. The molecule has 0 aromatic carbocycles. The van der Waals surface area contributed by atoms with Crippen molar-refractivity contribution in [2.45, 2.75) is 58.8 Å². The van der Waals surface area contributed by atoms with E-state index in [0.717, 1.165) is 32.2 Å². The SMILES string of the molecule is CC(CO)CCCNC(=O)C1(C)CCCCC1. The number of hydrogen-bond donors (Lipinski definition) is 2. The number of nitrogens with one attached hydrogen (secondary N) is 1. The van der Waals surface area contributed by atoms with Gasteiger partial charge in [0.15, 0.2) is 0 Å². The van der Waals surface area contributed by atoms with Crippen molar-refractivity contribution in [3.8, 4) is 0 Å². The second-order valence-corrected chi connectivity index (χ2v) is 5.81. The molecule has 3 nitrogen and oxygen atoms in total. The first-order valence-electron chi connectivity index (χ1n) is 6.97. The summed E-state index contributed by atoms with van der Waals surface area (Å²) in [6.45, 7) is 5.12. The van der Waals surface area contributed by atoms with Gasteiger partial charge in [0.25, 0.3) is 0 Å².